The number of ether oxygens (including phenoxy) is 1. The van der Waals surface area contributed by atoms with Crippen LogP contribution in [-0.4, -0.2) is 11.1 Å². The SMILES string of the molecule is CCc1ccc(-c2sc(C)c(C(F)(F)F)c2COc2ccc(CCC(=O)O)c(C)c2C)cc1. The zero-order chi connectivity index (χ0) is 24.3. The van der Waals surface area contributed by atoms with Crippen molar-refractivity contribution in [1.29, 1.82) is 0 Å². The van der Waals surface area contributed by atoms with Gasteiger partial charge in [0.1, 0.15) is 12.4 Å². The first kappa shape index (κ1) is 24.8. The molecule has 176 valence electrons. The lowest BCUT2D eigenvalue weighted by atomic mass is 9.98. The van der Waals surface area contributed by atoms with Crippen molar-refractivity contribution >= 4 is 17.3 Å². The van der Waals surface area contributed by atoms with Gasteiger partial charge in [0.05, 0.1) is 5.56 Å². The summed E-state index contributed by atoms with van der Waals surface area (Å²) in [7, 11) is 0. The zero-order valence-corrected chi connectivity index (χ0v) is 19.9. The van der Waals surface area contributed by atoms with Crippen molar-refractivity contribution in [3.8, 4) is 16.2 Å². The maximum absolute atomic E-state index is 13.9. The van der Waals surface area contributed by atoms with Gasteiger partial charge in [0.2, 0.25) is 0 Å². The van der Waals surface area contributed by atoms with Crippen LogP contribution in [0.25, 0.3) is 10.4 Å². The van der Waals surface area contributed by atoms with E-state index in [4.69, 9.17) is 9.84 Å². The van der Waals surface area contributed by atoms with Gasteiger partial charge in [0.25, 0.3) is 0 Å². The van der Waals surface area contributed by atoms with Crippen LogP contribution in [0.1, 0.15) is 51.6 Å². The highest BCUT2D eigenvalue weighted by Gasteiger charge is 2.38. The Hall–Kier alpha value is -2.80. The molecule has 1 heterocycles. The largest absolute Gasteiger partial charge is 0.489 e. The summed E-state index contributed by atoms with van der Waals surface area (Å²) in [5.41, 5.74) is 3.95. The molecule has 3 rings (SSSR count). The van der Waals surface area contributed by atoms with E-state index in [1.807, 2.05) is 45.0 Å². The van der Waals surface area contributed by atoms with Crippen LogP contribution >= 0.6 is 11.3 Å². The molecule has 0 atom stereocenters. The number of hydrogen-bond donors (Lipinski definition) is 1. The maximum atomic E-state index is 13.9. The number of carboxylic acid groups (broad SMARTS) is 1. The number of aliphatic carboxylic acids is 1. The summed E-state index contributed by atoms with van der Waals surface area (Å²) in [4.78, 5) is 11.7. The van der Waals surface area contributed by atoms with Crippen molar-refractivity contribution in [2.45, 2.75) is 59.7 Å². The number of rotatable bonds is 8. The molecule has 0 spiro atoms. The molecule has 0 amide bonds. The van der Waals surface area contributed by atoms with Gasteiger partial charge in [-0.25, -0.2) is 0 Å². The fourth-order valence-electron chi connectivity index (χ4n) is 3.90. The van der Waals surface area contributed by atoms with E-state index in [9.17, 15) is 18.0 Å². The molecule has 0 fully saturated rings. The summed E-state index contributed by atoms with van der Waals surface area (Å²) >= 11 is 1.13. The Morgan fingerprint density at radius 3 is 2.27 bits per heavy atom. The molecule has 0 bridgehead atoms. The highest BCUT2D eigenvalue weighted by molar-refractivity contribution is 7.15. The molecule has 3 nitrogen and oxygen atoms in total. The molecule has 7 heteroatoms. The van der Waals surface area contributed by atoms with Gasteiger partial charge in [0.15, 0.2) is 0 Å². The summed E-state index contributed by atoms with van der Waals surface area (Å²) in [6.07, 6.45) is -3.22. The van der Waals surface area contributed by atoms with Gasteiger partial charge in [-0.15, -0.1) is 11.3 Å². The smallest absolute Gasteiger partial charge is 0.417 e. The summed E-state index contributed by atoms with van der Waals surface area (Å²) in [6, 6.07) is 11.1. The summed E-state index contributed by atoms with van der Waals surface area (Å²) in [5.74, 6) is -0.379. The molecule has 0 aliphatic carbocycles. The second-order valence-electron chi connectivity index (χ2n) is 8.04. The van der Waals surface area contributed by atoms with Gasteiger partial charge in [0, 0.05) is 21.7 Å². The molecule has 1 aromatic heterocycles. The number of carbonyl (C=O) groups is 1. The Morgan fingerprint density at radius 1 is 1.03 bits per heavy atom. The van der Waals surface area contributed by atoms with Gasteiger partial charge < -0.3 is 9.84 Å². The Bertz CT molecular complexity index is 1150. The molecule has 3 aromatic rings. The molecule has 0 aliphatic heterocycles. The lowest BCUT2D eigenvalue weighted by molar-refractivity contribution is -0.139. The molecule has 2 aromatic carbocycles. The first-order valence-corrected chi connectivity index (χ1v) is 11.6. The molecule has 0 unspecified atom stereocenters. The number of thiophene rings is 1. The van der Waals surface area contributed by atoms with E-state index < -0.39 is 17.7 Å². The quantitative estimate of drug-likeness (QED) is 0.366. The van der Waals surface area contributed by atoms with E-state index in [0.717, 1.165) is 45.6 Å². The molecule has 0 radical (unpaired) electrons. The maximum Gasteiger partial charge on any atom is 0.417 e. The van der Waals surface area contributed by atoms with E-state index in [-0.39, 0.29) is 23.5 Å². The Kier molecular flexibility index (Phi) is 7.52. The third-order valence-corrected chi connectivity index (χ3v) is 7.12. The highest BCUT2D eigenvalue weighted by Crippen LogP contribution is 2.45. The van der Waals surface area contributed by atoms with E-state index in [1.165, 1.54) is 6.92 Å². The predicted octanol–water partition coefficient (Wildman–Crippen LogP) is 7.52. The van der Waals surface area contributed by atoms with E-state index >= 15 is 0 Å². The van der Waals surface area contributed by atoms with Gasteiger partial charge in [-0.05, 0) is 67.5 Å². The third kappa shape index (κ3) is 5.58. The second-order valence-corrected chi connectivity index (χ2v) is 9.27. The number of benzene rings is 2. The van der Waals surface area contributed by atoms with E-state index in [2.05, 4.69) is 0 Å². The van der Waals surface area contributed by atoms with Gasteiger partial charge >= 0.3 is 12.1 Å². The summed E-state index contributed by atoms with van der Waals surface area (Å²) in [5, 5.41) is 8.93. The Labute approximate surface area is 195 Å². The molecule has 0 saturated carbocycles. The van der Waals surface area contributed by atoms with E-state index in [0.29, 0.717) is 17.0 Å². The molecular formula is C26H27F3O3S. The van der Waals surface area contributed by atoms with Crippen molar-refractivity contribution in [3.05, 3.63) is 74.7 Å². The predicted molar refractivity (Wildman–Crippen MR) is 125 cm³/mol. The number of carboxylic acids is 1. The van der Waals surface area contributed by atoms with Crippen molar-refractivity contribution < 1.29 is 27.8 Å². The molecule has 0 saturated heterocycles. The van der Waals surface area contributed by atoms with Crippen LogP contribution in [-0.2, 0) is 30.4 Å². The molecule has 1 N–H and O–H groups in total. The average molecular weight is 477 g/mol. The number of alkyl halides is 3. The number of hydrogen-bond acceptors (Lipinski definition) is 3. The van der Waals surface area contributed by atoms with Gasteiger partial charge in [-0.3, -0.25) is 4.79 Å². The lowest BCUT2D eigenvalue weighted by Gasteiger charge is -2.16. The highest BCUT2D eigenvalue weighted by atomic mass is 32.1. The van der Waals surface area contributed by atoms with E-state index in [1.54, 1.807) is 12.1 Å². The minimum atomic E-state index is -4.48. The first-order chi connectivity index (χ1) is 15.5. The van der Waals surface area contributed by atoms with Gasteiger partial charge in [-0.1, -0.05) is 37.3 Å². The van der Waals surface area contributed by atoms with Crippen LogP contribution in [0.2, 0.25) is 0 Å². The second kappa shape index (κ2) is 10.00. The van der Waals surface area contributed by atoms with Crippen LogP contribution < -0.4 is 4.74 Å². The topological polar surface area (TPSA) is 46.5 Å². The normalized spacial score (nSPS) is 11.6. The minimum absolute atomic E-state index is 0.0176. The fraction of sp³-hybridized carbons (Fsp3) is 0.346. The number of halogens is 3. The number of aryl methyl sites for hydroxylation is 3. The zero-order valence-electron chi connectivity index (χ0n) is 19.1. The van der Waals surface area contributed by atoms with Crippen molar-refractivity contribution in [2.24, 2.45) is 0 Å². The first-order valence-electron chi connectivity index (χ1n) is 10.7. The van der Waals surface area contributed by atoms with Gasteiger partial charge in [-0.2, -0.15) is 13.2 Å². The standard InChI is InChI=1S/C26H27F3O3S/c1-5-18-6-8-20(9-7-18)25-21(24(17(4)33-25)26(27,28)29)14-32-22-12-10-19(11-13-23(30)31)15(2)16(22)3/h6-10,12H,5,11,13-14H2,1-4H3,(H,30,31). The fourth-order valence-corrected chi connectivity index (χ4v) is 5.08. The minimum Gasteiger partial charge on any atom is -0.489 e. The Morgan fingerprint density at radius 2 is 1.70 bits per heavy atom. The lowest BCUT2D eigenvalue weighted by Crippen LogP contribution is -2.11. The average Bonchev–Trinajstić information content (AvgIpc) is 3.10. The molecule has 0 aliphatic rings. The third-order valence-electron chi connectivity index (χ3n) is 5.92. The van der Waals surface area contributed by atoms with Crippen LogP contribution in [0.3, 0.4) is 0 Å². The van der Waals surface area contributed by atoms with Crippen LogP contribution in [0.15, 0.2) is 36.4 Å². The van der Waals surface area contributed by atoms with Crippen molar-refractivity contribution in [3.63, 3.8) is 0 Å². The van der Waals surface area contributed by atoms with Crippen molar-refractivity contribution in [2.75, 3.05) is 0 Å². The Balaban J connectivity index is 1.96. The summed E-state index contributed by atoms with van der Waals surface area (Å²) < 4.78 is 47.7. The van der Waals surface area contributed by atoms with Crippen molar-refractivity contribution in [1.82, 2.24) is 0 Å². The van der Waals surface area contributed by atoms with Crippen LogP contribution in [0.4, 0.5) is 13.2 Å². The molecule has 33 heavy (non-hydrogen) atoms. The van der Waals surface area contributed by atoms with Crippen LogP contribution in [0.5, 0.6) is 5.75 Å². The monoisotopic (exact) mass is 476 g/mol. The van der Waals surface area contributed by atoms with Crippen LogP contribution in [0, 0.1) is 20.8 Å². The summed E-state index contributed by atoms with van der Waals surface area (Å²) in [6.45, 7) is 7.02. The molecular weight excluding hydrogens is 449 g/mol.